The molecule has 9 nitrogen and oxygen atoms in total. The maximum absolute atomic E-state index is 12.2. The van der Waals surface area contributed by atoms with Crippen molar-refractivity contribution in [2.24, 2.45) is 0 Å². The molecule has 152 valence electrons. The number of nitrogens with one attached hydrogen (secondary N) is 1. The molecular weight excluding hydrogens is 384 g/mol. The number of hydrogen-bond acceptors (Lipinski definition) is 7. The second-order valence-electron chi connectivity index (χ2n) is 6.51. The van der Waals surface area contributed by atoms with Crippen LogP contribution in [0.2, 0.25) is 0 Å². The highest BCUT2D eigenvalue weighted by Gasteiger charge is 2.12. The monoisotopic (exact) mass is 404 g/mol. The number of methoxy groups -OCH3 is 1. The summed E-state index contributed by atoms with van der Waals surface area (Å²) in [5.74, 6) is 1.93. The normalized spacial score (nSPS) is 10.7. The van der Waals surface area contributed by atoms with Crippen molar-refractivity contribution < 1.29 is 14.1 Å². The number of aromatic nitrogens is 5. The molecule has 0 unspecified atom stereocenters. The number of aryl methyl sites for hydroxylation is 1. The van der Waals surface area contributed by atoms with Crippen molar-refractivity contribution in [2.75, 3.05) is 12.4 Å². The summed E-state index contributed by atoms with van der Waals surface area (Å²) in [5.41, 5.74) is 1.70. The Balaban J connectivity index is 1.28. The highest BCUT2D eigenvalue weighted by molar-refractivity contribution is 5.89. The van der Waals surface area contributed by atoms with E-state index >= 15 is 0 Å². The standard InChI is InChI=1S/C21H20N6O3/c1-29-17-7-5-15(6-8-17)21-24-20(30-26-21)10-9-19(28)23-18-11-13-27(25-18)14-16-4-2-3-12-22-16/h2-8,11-13H,9-10,14H2,1H3,(H,23,25,28). The summed E-state index contributed by atoms with van der Waals surface area (Å²) >= 11 is 0. The maximum atomic E-state index is 12.2. The number of hydrogen-bond donors (Lipinski definition) is 1. The quantitative estimate of drug-likeness (QED) is 0.481. The van der Waals surface area contributed by atoms with Crippen LogP contribution < -0.4 is 10.1 Å². The van der Waals surface area contributed by atoms with Gasteiger partial charge in [0, 0.05) is 36.9 Å². The van der Waals surface area contributed by atoms with E-state index in [1.165, 1.54) is 0 Å². The Hall–Kier alpha value is -4.01. The van der Waals surface area contributed by atoms with Crippen LogP contribution in [0.3, 0.4) is 0 Å². The second-order valence-corrected chi connectivity index (χ2v) is 6.51. The van der Waals surface area contributed by atoms with Gasteiger partial charge in [0.2, 0.25) is 17.6 Å². The van der Waals surface area contributed by atoms with Crippen molar-refractivity contribution in [3.63, 3.8) is 0 Å². The zero-order valence-electron chi connectivity index (χ0n) is 16.4. The van der Waals surface area contributed by atoms with Crippen LogP contribution in [0.4, 0.5) is 5.82 Å². The number of carbonyl (C=O) groups is 1. The van der Waals surface area contributed by atoms with Gasteiger partial charge in [0.15, 0.2) is 5.82 Å². The second kappa shape index (κ2) is 8.99. The molecule has 1 aromatic carbocycles. The maximum Gasteiger partial charge on any atom is 0.227 e. The van der Waals surface area contributed by atoms with Crippen molar-refractivity contribution >= 4 is 11.7 Å². The molecule has 0 saturated carbocycles. The molecular formula is C21H20N6O3. The molecule has 1 amide bonds. The number of ether oxygens (including phenoxy) is 1. The van der Waals surface area contributed by atoms with E-state index in [-0.39, 0.29) is 12.3 Å². The van der Waals surface area contributed by atoms with E-state index in [1.54, 1.807) is 30.3 Å². The summed E-state index contributed by atoms with van der Waals surface area (Å²) in [4.78, 5) is 20.8. The molecule has 0 spiro atoms. The van der Waals surface area contributed by atoms with Crippen LogP contribution in [0, 0.1) is 0 Å². The summed E-state index contributed by atoms with van der Waals surface area (Å²) in [6, 6.07) is 14.8. The minimum atomic E-state index is -0.178. The third-order valence-electron chi connectivity index (χ3n) is 4.34. The van der Waals surface area contributed by atoms with Gasteiger partial charge in [-0.1, -0.05) is 11.2 Å². The highest BCUT2D eigenvalue weighted by Crippen LogP contribution is 2.20. The summed E-state index contributed by atoms with van der Waals surface area (Å²) < 4.78 is 12.1. The van der Waals surface area contributed by atoms with Gasteiger partial charge in [-0.2, -0.15) is 10.1 Å². The largest absolute Gasteiger partial charge is 0.497 e. The molecule has 4 rings (SSSR count). The summed E-state index contributed by atoms with van der Waals surface area (Å²) in [6.07, 6.45) is 4.07. The van der Waals surface area contributed by atoms with Gasteiger partial charge >= 0.3 is 0 Å². The first-order chi connectivity index (χ1) is 14.7. The minimum Gasteiger partial charge on any atom is -0.497 e. The summed E-state index contributed by atoms with van der Waals surface area (Å²) in [7, 11) is 1.61. The fourth-order valence-corrected chi connectivity index (χ4v) is 2.81. The first-order valence-electron chi connectivity index (χ1n) is 9.40. The lowest BCUT2D eigenvalue weighted by atomic mass is 10.2. The zero-order valence-corrected chi connectivity index (χ0v) is 16.4. The van der Waals surface area contributed by atoms with E-state index in [0.29, 0.717) is 30.5 Å². The topological polar surface area (TPSA) is 108 Å². The van der Waals surface area contributed by atoms with Crippen LogP contribution in [0.15, 0.2) is 65.4 Å². The van der Waals surface area contributed by atoms with Gasteiger partial charge < -0.3 is 14.6 Å². The Kier molecular flexibility index (Phi) is 5.79. The lowest BCUT2D eigenvalue weighted by Crippen LogP contribution is -2.13. The molecule has 3 aromatic heterocycles. The van der Waals surface area contributed by atoms with E-state index in [0.717, 1.165) is 17.0 Å². The molecule has 0 fully saturated rings. The van der Waals surface area contributed by atoms with E-state index in [4.69, 9.17) is 9.26 Å². The number of amides is 1. The predicted octanol–water partition coefficient (Wildman–Crippen LogP) is 2.96. The molecule has 3 heterocycles. The molecule has 0 atom stereocenters. The minimum absolute atomic E-state index is 0.178. The number of benzene rings is 1. The van der Waals surface area contributed by atoms with Crippen LogP contribution in [-0.2, 0) is 17.8 Å². The number of nitrogens with zero attached hydrogens (tertiary/aromatic N) is 5. The number of pyridine rings is 1. The average Bonchev–Trinajstić information content (AvgIpc) is 3.43. The first kappa shape index (κ1) is 19.3. The molecule has 30 heavy (non-hydrogen) atoms. The molecule has 0 aliphatic heterocycles. The van der Waals surface area contributed by atoms with Crippen LogP contribution in [0.1, 0.15) is 18.0 Å². The molecule has 0 aliphatic rings. The van der Waals surface area contributed by atoms with Gasteiger partial charge in [0.05, 0.1) is 19.3 Å². The van der Waals surface area contributed by atoms with Gasteiger partial charge in [0.1, 0.15) is 5.75 Å². The van der Waals surface area contributed by atoms with Crippen molar-refractivity contribution in [3.8, 4) is 17.1 Å². The van der Waals surface area contributed by atoms with E-state index in [2.05, 4.69) is 25.5 Å². The zero-order chi connectivity index (χ0) is 20.8. The first-order valence-corrected chi connectivity index (χ1v) is 9.40. The van der Waals surface area contributed by atoms with Crippen molar-refractivity contribution in [2.45, 2.75) is 19.4 Å². The third kappa shape index (κ3) is 4.88. The van der Waals surface area contributed by atoms with Crippen LogP contribution in [0.25, 0.3) is 11.4 Å². The molecule has 0 bridgehead atoms. The smallest absolute Gasteiger partial charge is 0.227 e. The fourth-order valence-electron chi connectivity index (χ4n) is 2.81. The molecule has 4 aromatic rings. The molecule has 9 heteroatoms. The van der Waals surface area contributed by atoms with E-state index in [1.807, 2.05) is 42.5 Å². The molecule has 1 N–H and O–H groups in total. The summed E-state index contributed by atoms with van der Waals surface area (Å²) in [5, 5.41) is 11.1. The Labute approximate surface area is 172 Å². The number of anilines is 1. The molecule has 0 radical (unpaired) electrons. The van der Waals surface area contributed by atoms with Crippen molar-refractivity contribution in [3.05, 3.63) is 72.5 Å². The van der Waals surface area contributed by atoms with Gasteiger partial charge in [-0.05, 0) is 36.4 Å². The third-order valence-corrected chi connectivity index (χ3v) is 4.34. The van der Waals surface area contributed by atoms with E-state index in [9.17, 15) is 4.79 Å². The predicted molar refractivity (Wildman–Crippen MR) is 109 cm³/mol. The SMILES string of the molecule is COc1ccc(-c2noc(CCC(=O)Nc3ccn(Cc4ccccn4)n3)n2)cc1. The van der Waals surface area contributed by atoms with Crippen molar-refractivity contribution in [1.29, 1.82) is 0 Å². The van der Waals surface area contributed by atoms with Gasteiger partial charge in [0.25, 0.3) is 0 Å². The summed E-state index contributed by atoms with van der Waals surface area (Å²) in [6.45, 7) is 0.535. The average molecular weight is 404 g/mol. The molecule has 0 aliphatic carbocycles. The van der Waals surface area contributed by atoms with Crippen LogP contribution in [0.5, 0.6) is 5.75 Å². The Morgan fingerprint density at radius 1 is 1.17 bits per heavy atom. The Morgan fingerprint density at radius 2 is 2.03 bits per heavy atom. The highest BCUT2D eigenvalue weighted by atomic mass is 16.5. The Morgan fingerprint density at radius 3 is 2.80 bits per heavy atom. The van der Waals surface area contributed by atoms with Crippen molar-refractivity contribution in [1.82, 2.24) is 24.9 Å². The molecule has 0 saturated heterocycles. The number of carbonyl (C=O) groups excluding carboxylic acids is 1. The lowest BCUT2D eigenvalue weighted by molar-refractivity contribution is -0.116. The van der Waals surface area contributed by atoms with Crippen LogP contribution in [-0.4, -0.2) is 37.9 Å². The lowest BCUT2D eigenvalue weighted by Gasteiger charge is -2.02. The Bertz CT molecular complexity index is 1110. The van der Waals surface area contributed by atoms with Gasteiger partial charge in [-0.25, -0.2) is 0 Å². The van der Waals surface area contributed by atoms with E-state index < -0.39 is 0 Å². The van der Waals surface area contributed by atoms with Gasteiger partial charge in [-0.3, -0.25) is 14.5 Å². The number of rotatable bonds is 8. The van der Waals surface area contributed by atoms with Gasteiger partial charge in [-0.15, -0.1) is 0 Å². The fraction of sp³-hybridized carbons (Fsp3) is 0.190. The van der Waals surface area contributed by atoms with Crippen LogP contribution >= 0.6 is 0 Å².